The Morgan fingerprint density at radius 2 is 1.96 bits per heavy atom. The van der Waals surface area contributed by atoms with Gasteiger partial charge in [0.2, 0.25) is 0 Å². The van der Waals surface area contributed by atoms with Gasteiger partial charge in [-0.15, -0.1) is 0 Å². The van der Waals surface area contributed by atoms with Gasteiger partial charge in [0.1, 0.15) is 11.9 Å². The van der Waals surface area contributed by atoms with Crippen LogP contribution in [-0.2, 0) is 4.79 Å². The van der Waals surface area contributed by atoms with Crippen LogP contribution in [0.1, 0.15) is 6.92 Å². The van der Waals surface area contributed by atoms with Gasteiger partial charge in [0, 0.05) is 31.6 Å². The van der Waals surface area contributed by atoms with E-state index in [1.165, 1.54) is 18.5 Å². The molecule has 2 N–H and O–H groups in total. The Labute approximate surface area is 137 Å². The highest BCUT2D eigenvalue weighted by Gasteiger charge is 2.25. The molecule has 0 saturated carbocycles. The Hall–Kier alpha value is -2.35. The molecule has 0 bridgehead atoms. The number of nitrogens with zero attached hydrogens (tertiary/aromatic N) is 3. The van der Waals surface area contributed by atoms with Crippen molar-refractivity contribution in [1.82, 2.24) is 14.6 Å². The molecule has 23 heavy (non-hydrogen) atoms. The molecular weight excluding hydrogens is 316 g/mol. The van der Waals surface area contributed by atoms with Crippen molar-refractivity contribution < 1.29 is 14.7 Å². The van der Waals surface area contributed by atoms with Gasteiger partial charge in [-0.1, -0.05) is 12.1 Å². The van der Waals surface area contributed by atoms with E-state index in [-0.39, 0.29) is 6.03 Å². The van der Waals surface area contributed by atoms with Gasteiger partial charge in [0.25, 0.3) is 0 Å². The molecule has 1 fully saturated rings. The number of amides is 2. The number of carbonyl (C=O) groups excluding carboxylic acids is 1. The molecule has 2 aromatic rings. The third-order valence-electron chi connectivity index (χ3n) is 3.94. The highest BCUT2D eigenvalue weighted by Crippen LogP contribution is 2.29. The number of carbonyl (C=O) groups is 2. The van der Waals surface area contributed by atoms with Gasteiger partial charge in [-0.2, -0.15) is 4.37 Å². The molecule has 122 valence electrons. The molecule has 0 aliphatic carbocycles. The molecule has 8 heteroatoms. The average Bonchev–Trinajstić information content (AvgIpc) is 2.99. The molecule has 1 atom stereocenters. The van der Waals surface area contributed by atoms with Gasteiger partial charge in [0.15, 0.2) is 0 Å². The lowest BCUT2D eigenvalue weighted by atomic mass is 10.2. The van der Waals surface area contributed by atoms with Crippen LogP contribution in [-0.4, -0.2) is 58.6 Å². The van der Waals surface area contributed by atoms with Crippen molar-refractivity contribution in [3.63, 3.8) is 0 Å². The summed E-state index contributed by atoms with van der Waals surface area (Å²) < 4.78 is 5.68. The number of aliphatic carboxylic acids is 1. The fourth-order valence-electron chi connectivity index (χ4n) is 2.56. The summed E-state index contributed by atoms with van der Waals surface area (Å²) in [7, 11) is 0. The molecule has 1 aromatic carbocycles. The Morgan fingerprint density at radius 3 is 2.65 bits per heavy atom. The predicted molar refractivity (Wildman–Crippen MR) is 89.0 cm³/mol. The summed E-state index contributed by atoms with van der Waals surface area (Å²) in [6.45, 7) is 3.91. The Balaban J connectivity index is 1.62. The van der Waals surface area contributed by atoms with Crippen molar-refractivity contribution in [2.75, 3.05) is 31.1 Å². The molecule has 0 spiro atoms. The van der Waals surface area contributed by atoms with Gasteiger partial charge >= 0.3 is 12.0 Å². The summed E-state index contributed by atoms with van der Waals surface area (Å²) >= 11 is 1.48. The lowest BCUT2D eigenvalue weighted by Crippen LogP contribution is -2.54. The minimum Gasteiger partial charge on any atom is -0.480 e. The van der Waals surface area contributed by atoms with Gasteiger partial charge in [0.05, 0.1) is 4.70 Å². The maximum absolute atomic E-state index is 12.0. The van der Waals surface area contributed by atoms with Crippen molar-refractivity contribution in [2.24, 2.45) is 0 Å². The third kappa shape index (κ3) is 3.21. The fourth-order valence-corrected chi connectivity index (χ4v) is 3.36. The van der Waals surface area contributed by atoms with Crippen molar-refractivity contribution >= 4 is 39.4 Å². The van der Waals surface area contributed by atoms with Gasteiger partial charge in [-0.05, 0) is 30.6 Å². The number of piperazine rings is 1. The number of rotatable bonds is 3. The molecule has 2 amide bonds. The number of hydrogen-bond acceptors (Lipinski definition) is 5. The zero-order valence-electron chi connectivity index (χ0n) is 12.7. The number of anilines is 1. The number of nitrogens with one attached hydrogen (secondary N) is 1. The first kappa shape index (κ1) is 15.5. The van der Waals surface area contributed by atoms with Crippen molar-refractivity contribution in [2.45, 2.75) is 13.0 Å². The van der Waals surface area contributed by atoms with E-state index in [1.54, 1.807) is 4.90 Å². The van der Waals surface area contributed by atoms with Crippen molar-refractivity contribution in [3.05, 3.63) is 24.3 Å². The lowest BCUT2D eigenvalue weighted by Gasteiger charge is -2.35. The monoisotopic (exact) mass is 334 g/mol. The summed E-state index contributed by atoms with van der Waals surface area (Å²) in [5.41, 5.74) is 0. The number of urea groups is 1. The lowest BCUT2D eigenvalue weighted by molar-refractivity contribution is -0.138. The average molecular weight is 334 g/mol. The van der Waals surface area contributed by atoms with Crippen LogP contribution >= 0.6 is 11.5 Å². The first-order chi connectivity index (χ1) is 11.1. The molecule has 1 aliphatic rings. The number of fused-ring (bicyclic) bond motifs is 1. The van der Waals surface area contributed by atoms with E-state index in [1.807, 2.05) is 18.2 Å². The van der Waals surface area contributed by atoms with Crippen LogP contribution in [0.2, 0.25) is 0 Å². The molecular formula is C15H18N4O3S. The van der Waals surface area contributed by atoms with Crippen LogP contribution < -0.4 is 10.2 Å². The molecule has 2 heterocycles. The molecule has 3 rings (SSSR count). The second-order valence-corrected chi connectivity index (χ2v) is 6.29. The maximum atomic E-state index is 12.0. The summed E-state index contributed by atoms with van der Waals surface area (Å²) in [6.07, 6.45) is 0. The summed E-state index contributed by atoms with van der Waals surface area (Å²) in [5.74, 6) is -0.0736. The zero-order chi connectivity index (χ0) is 16.4. The molecule has 1 aromatic heterocycles. The van der Waals surface area contributed by atoms with Crippen LogP contribution in [0.5, 0.6) is 0 Å². The molecule has 1 saturated heterocycles. The molecule has 0 radical (unpaired) electrons. The SMILES string of the molecule is C[C@@H](NC(=O)N1CCN(c2nsc3ccccc23)CC1)C(=O)O. The van der Waals surface area contributed by atoms with Crippen LogP contribution in [0.15, 0.2) is 24.3 Å². The number of carboxylic acids is 1. The molecule has 1 aliphatic heterocycles. The minimum absolute atomic E-state index is 0.331. The highest BCUT2D eigenvalue weighted by atomic mass is 32.1. The number of hydrogen-bond donors (Lipinski definition) is 2. The molecule has 0 unspecified atom stereocenters. The van der Waals surface area contributed by atoms with Crippen molar-refractivity contribution in [1.29, 1.82) is 0 Å². The van der Waals surface area contributed by atoms with Gasteiger partial charge in [-0.25, -0.2) is 4.79 Å². The first-order valence-corrected chi connectivity index (χ1v) is 8.21. The normalized spacial score (nSPS) is 16.4. The van der Waals surface area contributed by atoms with Crippen LogP contribution in [0.4, 0.5) is 10.6 Å². The maximum Gasteiger partial charge on any atom is 0.325 e. The van der Waals surface area contributed by atoms with E-state index in [0.717, 1.165) is 15.9 Å². The predicted octanol–water partition coefficient (Wildman–Crippen LogP) is 1.60. The van der Waals surface area contributed by atoms with Gasteiger partial charge in [-0.3, -0.25) is 4.79 Å². The van der Waals surface area contributed by atoms with E-state index in [4.69, 9.17) is 5.11 Å². The number of aromatic nitrogens is 1. The van der Waals surface area contributed by atoms with Crippen molar-refractivity contribution in [3.8, 4) is 0 Å². The number of carboxylic acid groups (broad SMARTS) is 1. The standard InChI is InChI=1S/C15H18N4O3S/c1-10(14(20)21)16-15(22)19-8-6-18(7-9-19)13-11-4-2-3-5-12(11)23-17-13/h2-5,10H,6-9H2,1H3,(H,16,22)(H,20,21)/t10-/m1/s1. The van der Waals surface area contributed by atoms with E-state index in [2.05, 4.69) is 20.7 Å². The first-order valence-electron chi connectivity index (χ1n) is 7.44. The van der Waals surface area contributed by atoms with E-state index >= 15 is 0 Å². The smallest absolute Gasteiger partial charge is 0.325 e. The number of benzene rings is 1. The summed E-state index contributed by atoms with van der Waals surface area (Å²) in [4.78, 5) is 26.7. The van der Waals surface area contributed by atoms with E-state index < -0.39 is 12.0 Å². The third-order valence-corrected chi connectivity index (χ3v) is 4.75. The second kappa shape index (κ2) is 6.41. The fraction of sp³-hybridized carbons (Fsp3) is 0.400. The molecule has 7 nitrogen and oxygen atoms in total. The highest BCUT2D eigenvalue weighted by molar-refractivity contribution is 7.13. The van der Waals surface area contributed by atoms with Crippen LogP contribution in [0, 0.1) is 0 Å². The minimum atomic E-state index is -1.04. The Bertz CT molecular complexity index is 724. The Morgan fingerprint density at radius 1 is 1.26 bits per heavy atom. The van der Waals surface area contributed by atoms with Gasteiger partial charge < -0.3 is 20.2 Å². The Kier molecular flexibility index (Phi) is 4.33. The van der Waals surface area contributed by atoms with Crippen LogP contribution in [0.25, 0.3) is 10.1 Å². The summed E-state index contributed by atoms with van der Waals surface area (Å²) in [5, 5.41) is 12.5. The summed E-state index contributed by atoms with van der Waals surface area (Å²) in [6, 6.07) is 6.88. The zero-order valence-corrected chi connectivity index (χ0v) is 13.5. The van der Waals surface area contributed by atoms with E-state index in [9.17, 15) is 9.59 Å². The quantitative estimate of drug-likeness (QED) is 0.890. The van der Waals surface area contributed by atoms with E-state index in [0.29, 0.717) is 26.2 Å². The topological polar surface area (TPSA) is 85.8 Å². The van der Waals surface area contributed by atoms with Crippen LogP contribution in [0.3, 0.4) is 0 Å². The second-order valence-electron chi connectivity index (χ2n) is 5.49. The largest absolute Gasteiger partial charge is 0.480 e.